The summed E-state index contributed by atoms with van der Waals surface area (Å²) in [6.07, 6.45) is 5.10. The molecule has 5 rings (SSSR count). The van der Waals surface area contributed by atoms with Crippen molar-refractivity contribution in [3.63, 3.8) is 0 Å². The van der Waals surface area contributed by atoms with Crippen LogP contribution in [0.2, 0.25) is 0 Å². The Hall–Kier alpha value is -2.28. The predicted molar refractivity (Wildman–Crippen MR) is 84.0 cm³/mol. The molecule has 1 saturated carbocycles. The summed E-state index contributed by atoms with van der Waals surface area (Å²) < 4.78 is 4.04. The first-order valence-electron chi connectivity index (χ1n) is 8.30. The highest BCUT2D eigenvalue weighted by molar-refractivity contribution is 5.37. The van der Waals surface area contributed by atoms with Gasteiger partial charge in [0.1, 0.15) is 12.2 Å². The lowest BCUT2D eigenvalue weighted by molar-refractivity contribution is 0.263. The quantitative estimate of drug-likeness (QED) is 0.729. The van der Waals surface area contributed by atoms with E-state index in [0.717, 1.165) is 49.9 Å². The molecule has 23 heavy (non-hydrogen) atoms. The molecule has 0 saturated heterocycles. The van der Waals surface area contributed by atoms with Gasteiger partial charge in [-0.15, -0.1) is 0 Å². The van der Waals surface area contributed by atoms with Crippen LogP contribution in [0.25, 0.3) is 5.65 Å². The Labute approximate surface area is 134 Å². The van der Waals surface area contributed by atoms with E-state index in [1.165, 1.54) is 18.5 Å². The highest BCUT2D eigenvalue weighted by Crippen LogP contribution is 2.38. The number of aromatic nitrogens is 6. The number of pyridine rings is 1. The Balaban J connectivity index is 1.33. The molecule has 0 aromatic carbocycles. The Morgan fingerprint density at radius 2 is 2.09 bits per heavy atom. The smallest absolute Gasteiger partial charge is 0.155 e. The van der Waals surface area contributed by atoms with E-state index in [0.29, 0.717) is 5.92 Å². The molecule has 0 bridgehead atoms. The zero-order valence-electron chi connectivity index (χ0n) is 13.0. The molecule has 1 aliphatic carbocycles. The van der Waals surface area contributed by atoms with Crippen LogP contribution in [0.4, 0.5) is 0 Å². The van der Waals surface area contributed by atoms with Gasteiger partial charge in [0.25, 0.3) is 0 Å². The summed E-state index contributed by atoms with van der Waals surface area (Å²) >= 11 is 0. The Morgan fingerprint density at radius 1 is 1.13 bits per heavy atom. The van der Waals surface area contributed by atoms with E-state index in [1.54, 1.807) is 6.33 Å². The summed E-state index contributed by atoms with van der Waals surface area (Å²) in [5.41, 5.74) is 2.08. The third kappa shape index (κ3) is 2.41. The number of hydrogen-bond donors (Lipinski definition) is 0. The van der Waals surface area contributed by atoms with E-state index in [1.807, 2.05) is 16.6 Å². The zero-order chi connectivity index (χ0) is 15.2. The maximum atomic E-state index is 4.75. The standard InChI is InChI=1S/C16H19N7/c1-2-13(23-14(3-1)17-11-18-23)10-21-7-6-15-19-16(12-4-5-12)20-22(15)9-8-21/h1-3,11-12H,4-10H2. The van der Waals surface area contributed by atoms with Gasteiger partial charge in [0, 0.05) is 32.0 Å². The van der Waals surface area contributed by atoms with Crippen LogP contribution in [0.1, 0.15) is 36.1 Å². The topological polar surface area (TPSA) is 64.1 Å². The van der Waals surface area contributed by atoms with Crippen molar-refractivity contribution in [2.24, 2.45) is 0 Å². The summed E-state index contributed by atoms with van der Waals surface area (Å²) in [4.78, 5) is 11.5. The van der Waals surface area contributed by atoms with Crippen molar-refractivity contribution in [3.8, 4) is 0 Å². The summed E-state index contributed by atoms with van der Waals surface area (Å²) in [6, 6.07) is 6.15. The molecule has 118 valence electrons. The summed E-state index contributed by atoms with van der Waals surface area (Å²) in [5.74, 6) is 2.85. The van der Waals surface area contributed by atoms with Crippen LogP contribution < -0.4 is 0 Å². The van der Waals surface area contributed by atoms with Gasteiger partial charge in [-0.05, 0) is 25.0 Å². The molecule has 0 radical (unpaired) electrons. The minimum absolute atomic E-state index is 0.635. The SMILES string of the molecule is c1cc(CN2CCc3nc(C4CC4)nn3CC2)n2ncnc2c1. The summed E-state index contributed by atoms with van der Waals surface area (Å²) in [5, 5.41) is 9.03. The van der Waals surface area contributed by atoms with E-state index in [-0.39, 0.29) is 0 Å². The normalized spacial score (nSPS) is 19.0. The van der Waals surface area contributed by atoms with E-state index in [2.05, 4.69) is 25.7 Å². The Bertz CT molecular complexity index is 820. The van der Waals surface area contributed by atoms with Gasteiger partial charge < -0.3 is 0 Å². The Kier molecular flexibility index (Phi) is 2.94. The number of fused-ring (bicyclic) bond motifs is 2. The van der Waals surface area contributed by atoms with E-state index in [4.69, 9.17) is 10.1 Å². The fraction of sp³-hybridized carbons (Fsp3) is 0.500. The van der Waals surface area contributed by atoms with Gasteiger partial charge in [-0.1, -0.05) is 6.07 Å². The minimum atomic E-state index is 0.635. The van der Waals surface area contributed by atoms with Gasteiger partial charge in [0.2, 0.25) is 0 Å². The molecular weight excluding hydrogens is 290 g/mol. The van der Waals surface area contributed by atoms with Gasteiger partial charge in [-0.25, -0.2) is 19.2 Å². The number of hydrogen-bond acceptors (Lipinski definition) is 5. The number of rotatable bonds is 3. The molecule has 3 aromatic rings. The summed E-state index contributed by atoms with van der Waals surface area (Å²) in [6.45, 7) is 3.79. The number of nitrogens with zero attached hydrogens (tertiary/aromatic N) is 7. The van der Waals surface area contributed by atoms with Crippen molar-refractivity contribution in [2.45, 2.75) is 38.3 Å². The van der Waals surface area contributed by atoms with Crippen LogP contribution in [0.3, 0.4) is 0 Å². The average Bonchev–Trinajstić information content (AvgIpc) is 3.21. The lowest BCUT2D eigenvalue weighted by atomic mass is 10.3. The van der Waals surface area contributed by atoms with Crippen LogP contribution >= 0.6 is 0 Å². The molecule has 0 amide bonds. The lowest BCUT2D eigenvalue weighted by Crippen LogP contribution is -2.27. The maximum absolute atomic E-state index is 4.75. The first-order chi connectivity index (χ1) is 11.4. The largest absolute Gasteiger partial charge is 0.295 e. The molecule has 0 spiro atoms. The van der Waals surface area contributed by atoms with Gasteiger partial charge in [-0.2, -0.15) is 10.2 Å². The molecule has 4 heterocycles. The van der Waals surface area contributed by atoms with E-state index >= 15 is 0 Å². The molecule has 2 aliphatic rings. The third-order valence-corrected chi connectivity index (χ3v) is 4.75. The van der Waals surface area contributed by atoms with Crippen LogP contribution in [0.5, 0.6) is 0 Å². The van der Waals surface area contributed by atoms with Crippen molar-refractivity contribution >= 4 is 5.65 Å². The van der Waals surface area contributed by atoms with Crippen molar-refractivity contribution in [2.75, 3.05) is 13.1 Å². The first kappa shape index (κ1) is 13.2. The molecular formula is C16H19N7. The molecule has 0 atom stereocenters. The van der Waals surface area contributed by atoms with Crippen molar-refractivity contribution in [3.05, 3.63) is 41.9 Å². The molecule has 0 N–H and O–H groups in total. The van der Waals surface area contributed by atoms with Crippen LogP contribution in [-0.2, 0) is 19.5 Å². The van der Waals surface area contributed by atoms with E-state index in [9.17, 15) is 0 Å². The lowest BCUT2D eigenvalue weighted by Gasteiger charge is -2.19. The molecule has 7 nitrogen and oxygen atoms in total. The molecule has 0 unspecified atom stereocenters. The zero-order valence-corrected chi connectivity index (χ0v) is 13.0. The molecule has 3 aromatic heterocycles. The second-order valence-electron chi connectivity index (χ2n) is 6.46. The van der Waals surface area contributed by atoms with Crippen LogP contribution in [0.15, 0.2) is 24.5 Å². The maximum Gasteiger partial charge on any atom is 0.155 e. The highest BCUT2D eigenvalue weighted by Gasteiger charge is 2.29. The van der Waals surface area contributed by atoms with Crippen LogP contribution in [0, 0.1) is 0 Å². The minimum Gasteiger partial charge on any atom is -0.295 e. The third-order valence-electron chi connectivity index (χ3n) is 4.75. The predicted octanol–water partition coefficient (Wildman–Crippen LogP) is 1.26. The molecule has 1 aliphatic heterocycles. The summed E-state index contributed by atoms with van der Waals surface area (Å²) in [7, 11) is 0. The second-order valence-corrected chi connectivity index (χ2v) is 6.46. The molecule has 7 heteroatoms. The monoisotopic (exact) mass is 309 g/mol. The average molecular weight is 309 g/mol. The van der Waals surface area contributed by atoms with Gasteiger partial charge >= 0.3 is 0 Å². The van der Waals surface area contributed by atoms with Crippen molar-refractivity contribution in [1.82, 2.24) is 34.3 Å². The van der Waals surface area contributed by atoms with Crippen molar-refractivity contribution < 1.29 is 0 Å². The van der Waals surface area contributed by atoms with Crippen LogP contribution in [-0.4, -0.2) is 47.4 Å². The Morgan fingerprint density at radius 3 is 3.00 bits per heavy atom. The van der Waals surface area contributed by atoms with Gasteiger partial charge in [-0.3, -0.25) is 4.90 Å². The second kappa shape index (κ2) is 5.13. The van der Waals surface area contributed by atoms with E-state index < -0.39 is 0 Å². The fourth-order valence-corrected chi connectivity index (χ4v) is 3.29. The van der Waals surface area contributed by atoms with Gasteiger partial charge in [0.15, 0.2) is 11.5 Å². The van der Waals surface area contributed by atoms with Gasteiger partial charge in [0.05, 0.1) is 12.2 Å². The van der Waals surface area contributed by atoms with Crippen molar-refractivity contribution in [1.29, 1.82) is 0 Å². The first-order valence-corrected chi connectivity index (χ1v) is 8.30. The molecule has 1 fully saturated rings. The highest BCUT2D eigenvalue weighted by atomic mass is 15.4. The fourth-order valence-electron chi connectivity index (χ4n) is 3.29.